The number of hydrogen-bond donors (Lipinski definition) is 0. The quantitative estimate of drug-likeness (QED) is 0.337. The van der Waals surface area contributed by atoms with E-state index in [1.54, 1.807) is 6.07 Å². The molecular formula is C21H19BrClN3O2. The highest BCUT2D eigenvalue weighted by atomic mass is 79.9. The number of nitrogens with zero attached hydrogens (tertiary/aromatic N) is 3. The van der Waals surface area contributed by atoms with E-state index in [9.17, 15) is 0 Å². The predicted octanol–water partition coefficient (Wildman–Crippen LogP) is 6.58. The van der Waals surface area contributed by atoms with E-state index in [-0.39, 0.29) is 6.10 Å². The summed E-state index contributed by atoms with van der Waals surface area (Å²) >= 11 is 9.97. The Morgan fingerprint density at radius 1 is 1.21 bits per heavy atom. The van der Waals surface area contributed by atoms with Gasteiger partial charge in [-0.25, -0.2) is 0 Å². The molecule has 0 fully saturated rings. The SMILES string of the molecule is CCn1ccc2c(-c3noc(-c4ccc(OC(C)C)c(Cl)c4)n3)ccc(Br)c21. The molecule has 0 saturated heterocycles. The van der Waals surface area contributed by atoms with Gasteiger partial charge < -0.3 is 13.8 Å². The lowest BCUT2D eigenvalue weighted by Crippen LogP contribution is -2.05. The molecule has 0 atom stereocenters. The minimum atomic E-state index is 0.0496. The summed E-state index contributed by atoms with van der Waals surface area (Å²) in [7, 11) is 0. The second-order valence-electron chi connectivity index (χ2n) is 6.69. The van der Waals surface area contributed by atoms with E-state index in [1.807, 2.05) is 38.1 Å². The van der Waals surface area contributed by atoms with Crippen molar-refractivity contribution in [1.82, 2.24) is 14.7 Å². The van der Waals surface area contributed by atoms with Gasteiger partial charge in [0.25, 0.3) is 5.89 Å². The zero-order valence-corrected chi connectivity index (χ0v) is 18.1. The summed E-state index contributed by atoms with van der Waals surface area (Å²) in [5.74, 6) is 1.59. The van der Waals surface area contributed by atoms with E-state index in [4.69, 9.17) is 20.9 Å². The molecule has 0 unspecified atom stereocenters. The van der Waals surface area contributed by atoms with Crippen molar-refractivity contribution in [3.63, 3.8) is 0 Å². The summed E-state index contributed by atoms with van der Waals surface area (Å²) in [6.07, 6.45) is 2.11. The molecule has 0 aliphatic carbocycles. The van der Waals surface area contributed by atoms with Gasteiger partial charge in [0.1, 0.15) is 5.75 Å². The largest absolute Gasteiger partial charge is 0.489 e. The Kier molecular flexibility index (Phi) is 5.17. The minimum Gasteiger partial charge on any atom is -0.489 e. The fourth-order valence-corrected chi connectivity index (χ4v) is 3.97. The molecular weight excluding hydrogens is 442 g/mol. The van der Waals surface area contributed by atoms with Gasteiger partial charge in [-0.1, -0.05) is 16.8 Å². The molecule has 4 rings (SSSR count). The molecule has 0 radical (unpaired) electrons. The molecule has 0 aliphatic heterocycles. The first-order chi connectivity index (χ1) is 13.5. The lowest BCUT2D eigenvalue weighted by molar-refractivity contribution is 0.242. The van der Waals surface area contributed by atoms with Gasteiger partial charge in [0.05, 0.1) is 16.6 Å². The van der Waals surface area contributed by atoms with E-state index < -0.39 is 0 Å². The first-order valence-electron chi connectivity index (χ1n) is 9.06. The summed E-state index contributed by atoms with van der Waals surface area (Å²) < 4.78 is 14.4. The van der Waals surface area contributed by atoms with Gasteiger partial charge in [-0.2, -0.15) is 4.98 Å². The van der Waals surface area contributed by atoms with Crippen LogP contribution in [0.5, 0.6) is 5.75 Å². The van der Waals surface area contributed by atoms with E-state index in [1.165, 1.54) is 0 Å². The molecule has 0 N–H and O–H groups in total. The van der Waals surface area contributed by atoms with Crippen LogP contribution in [0.3, 0.4) is 0 Å². The van der Waals surface area contributed by atoms with Gasteiger partial charge in [-0.05, 0) is 73.1 Å². The van der Waals surface area contributed by atoms with Crippen LogP contribution in [0.15, 0.2) is 51.6 Å². The van der Waals surface area contributed by atoms with Crippen LogP contribution in [0.1, 0.15) is 20.8 Å². The van der Waals surface area contributed by atoms with E-state index in [0.717, 1.165) is 33.0 Å². The van der Waals surface area contributed by atoms with Gasteiger partial charge in [0.2, 0.25) is 5.82 Å². The maximum atomic E-state index is 6.34. The Bertz CT molecular complexity index is 1150. The average molecular weight is 461 g/mol. The Morgan fingerprint density at radius 3 is 2.75 bits per heavy atom. The lowest BCUT2D eigenvalue weighted by Gasteiger charge is -2.11. The number of hydrogen-bond acceptors (Lipinski definition) is 4. The predicted molar refractivity (Wildman–Crippen MR) is 115 cm³/mol. The molecule has 144 valence electrons. The van der Waals surface area contributed by atoms with Crippen molar-refractivity contribution in [3.8, 4) is 28.6 Å². The van der Waals surface area contributed by atoms with E-state index >= 15 is 0 Å². The van der Waals surface area contributed by atoms with Crippen molar-refractivity contribution in [2.75, 3.05) is 0 Å². The number of aryl methyl sites for hydroxylation is 1. The van der Waals surface area contributed by atoms with Crippen LogP contribution in [0.4, 0.5) is 0 Å². The van der Waals surface area contributed by atoms with Gasteiger partial charge in [0.15, 0.2) is 0 Å². The Morgan fingerprint density at radius 2 is 2.04 bits per heavy atom. The summed E-state index contributed by atoms with van der Waals surface area (Å²) in [6, 6.07) is 11.5. The molecule has 0 saturated carbocycles. The van der Waals surface area contributed by atoms with Crippen LogP contribution >= 0.6 is 27.5 Å². The Hall–Kier alpha value is -2.31. The molecule has 5 nitrogen and oxygen atoms in total. The van der Waals surface area contributed by atoms with Crippen molar-refractivity contribution in [3.05, 3.63) is 52.1 Å². The van der Waals surface area contributed by atoms with Gasteiger partial charge in [0, 0.05) is 33.7 Å². The molecule has 2 aromatic carbocycles. The molecule has 0 amide bonds. The zero-order chi connectivity index (χ0) is 19.8. The van der Waals surface area contributed by atoms with Gasteiger partial charge in [-0.15, -0.1) is 0 Å². The Labute approximate surface area is 176 Å². The molecule has 0 aliphatic rings. The lowest BCUT2D eigenvalue weighted by atomic mass is 10.1. The highest BCUT2D eigenvalue weighted by molar-refractivity contribution is 9.10. The summed E-state index contributed by atoms with van der Waals surface area (Å²) in [4.78, 5) is 4.60. The molecule has 28 heavy (non-hydrogen) atoms. The maximum Gasteiger partial charge on any atom is 0.258 e. The third-order valence-corrected chi connectivity index (χ3v) is 5.36. The van der Waals surface area contributed by atoms with Crippen molar-refractivity contribution in [1.29, 1.82) is 0 Å². The first kappa shape index (κ1) is 19.0. The molecule has 0 spiro atoms. The fraction of sp³-hybridized carbons (Fsp3) is 0.238. The highest BCUT2D eigenvalue weighted by Gasteiger charge is 2.17. The number of rotatable bonds is 5. The van der Waals surface area contributed by atoms with Crippen molar-refractivity contribution in [2.24, 2.45) is 0 Å². The molecule has 7 heteroatoms. The van der Waals surface area contributed by atoms with E-state index in [0.29, 0.717) is 22.5 Å². The maximum absolute atomic E-state index is 6.34. The van der Waals surface area contributed by atoms with Crippen LogP contribution in [0, 0.1) is 0 Å². The number of benzene rings is 2. The third-order valence-electron chi connectivity index (χ3n) is 4.43. The zero-order valence-electron chi connectivity index (χ0n) is 15.7. The molecule has 0 bridgehead atoms. The second-order valence-corrected chi connectivity index (χ2v) is 7.96. The number of fused-ring (bicyclic) bond motifs is 1. The summed E-state index contributed by atoms with van der Waals surface area (Å²) in [6.45, 7) is 6.91. The van der Waals surface area contributed by atoms with E-state index in [2.05, 4.69) is 49.8 Å². The van der Waals surface area contributed by atoms with Crippen molar-refractivity contribution >= 4 is 38.4 Å². The van der Waals surface area contributed by atoms with Crippen LogP contribution in [0.25, 0.3) is 33.7 Å². The monoisotopic (exact) mass is 459 g/mol. The number of aromatic nitrogens is 3. The normalized spacial score (nSPS) is 11.5. The van der Waals surface area contributed by atoms with Crippen molar-refractivity contribution in [2.45, 2.75) is 33.4 Å². The standard InChI is InChI=1S/C21H19BrClN3O2/c1-4-26-10-9-14-15(6-7-16(22)19(14)26)20-24-21(28-25-20)13-5-8-18(17(23)11-13)27-12(2)3/h5-12H,4H2,1-3H3. The van der Waals surface area contributed by atoms with Gasteiger partial charge >= 0.3 is 0 Å². The number of halogens is 2. The highest BCUT2D eigenvalue weighted by Crippen LogP contribution is 2.35. The summed E-state index contributed by atoms with van der Waals surface area (Å²) in [5.41, 5.74) is 2.79. The average Bonchev–Trinajstić information content (AvgIpc) is 3.31. The molecule has 4 aromatic rings. The van der Waals surface area contributed by atoms with Crippen molar-refractivity contribution < 1.29 is 9.26 Å². The van der Waals surface area contributed by atoms with Gasteiger partial charge in [-0.3, -0.25) is 0 Å². The first-order valence-corrected chi connectivity index (χ1v) is 10.2. The third kappa shape index (κ3) is 3.42. The fourth-order valence-electron chi connectivity index (χ4n) is 3.17. The smallest absolute Gasteiger partial charge is 0.258 e. The van der Waals surface area contributed by atoms with Crippen LogP contribution in [-0.4, -0.2) is 20.8 Å². The molecule has 2 heterocycles. The minimum absolute atomic E-state index is 0.0496. The molecule has 2 aromatic heterocycles. The van der Waals surface area contributed by atoms with Crippen LogP contribution < -0.4 is 4.74 Å². The second kappa shape index (κ2) is 7.60. The Balaban J connectivity index is 1.73. The van der Waals surface area contributed by atoms with Crippen LogP contribution in [0.2, 0.25) is 5.02 Å². The number of ether oxygens (including phenoxy) is 1. The van der Waals surface area contributed by atoms with Crippen LogP contribution in [-0.2, 0) is 6.54 Å². The topological polar surface area (TPSA) is 53.1 Å². The summed E-state index contributed by atoms with van der Waals surface area (Å²) in [5, 5.41) is 5.78.